The van der Waals surface area contributed by atoms with Crippen LogP contribution in [0.25, 0.3) is 0 Å². The molecule has 4 heteroatoms. The fourth-order valence-electron chi connectivity index (χ4n) is 2.92. The highest BCUT2D eigenvalue weighted by Crippen LogP contribution is 2.44. The van der Waals surface area contributed by atoms with E-state index < -0.39 is 5.97 Å². The maximum absolute atomic E-state index is 10.7. The van der Waals surface area contributed by atoms with Crippen molar-refractivity contribution in [2.45, 2.75) is 25.3 Å². The van der Waals surface area contributed by atoms with Gasteiger partial charge in [0.05, 0.1) is 12.2 Å². The first-order valence-electron chi connectivity index (χ1n) is 6.94. The first-order chi connectivity index (χ1) is 9.24. The molecule has 1 aromatic carbocycles. The summed E-state index contributed by atoms with van der Waals surface area (Å²) < 4.78 is 5.63. The minimum atomic E-state index is -0.903. The first-order valence-corrected chi connectivity index (χ1v) is 6.94. The van der Waals surface area contributed by atoms with Gasteiger partial charge in [-0.3, -0.25) is 4.90 Å². The summed E-state index contributed by atoms with van der Waals surface area (Å²) in [7, 11) is 0. The highest BCUT2D eigenvalue weighted by Gasteiger charge is 2.46. The van der Waals surface area contributed by atoms with Crippen LogP contribution in [0.3, 0.4) is 0 Å². The van der Waals surface area contributed by atoms with Gasteiger partial charge in [-0.25, -0.2) is 4.79 Å². The third-order valence-electron chi connectivity index (χ3n) is 4.10. The lowest BCUT2D eigenvalue weighted by Crippen LogP contribution is -2.25. The molecule has 102 valence electrons. The largest absolute Gasteiger partial charge is 0.494 e. The Morgan fingerprint density at radius 3 is 2.74 bits per heavy atom. The first kappa shape index (κ1) is 12.5. The van der Waals surface area contributed by atoms with E-state index in [-0.39, 0.29) is 0 Å². The van der Waals surface area contributed by atoms with Gasteiger partial charge in [0, 0.05) is 12.6 Å². The number of nitrogens with zero attached hydrogens (tertiary/aromatic N) is 1. The lowest BCUT2D eigenvalue weighted by molar-refractivity contribution is 0.0697. The van der Waals surface area contributed by atoms with E-state index in [9.17, 15) is 4.79 Å². The van der Waals surface area contributed by atoms with Crippen molar-refractivity contribution in [1.82, 2.24) is 4.90 Å². The van der Waals surface area contributed by atoms with Crippen molar-refractivity contribution in [1.29, 1.82) is 0 Å². The smallest absolute Gasteiger partial charge is 0.335 e. The van der Waals surface area contributed by atoms with Crippen LogP contribution in [0.15, 0.2) is 24.3 Å². The molecule has 2 aliphatic rings. The second-order valence-electron chi connectivity index (χ2n) is 5.42. The van der Waals surface area contributed by atoms with Crippen molar-refractivity contribution in [3.05, 3.63) is 29.8 Å². The van der Waals surface area contributed by atoms with Crippen LogP contribution in [0, 0.1) is 5.92 Å². The van der Waals surface area contributed by atoms with Gasteiger partial charge in [0.1, 0.15) is 5.75 Å². The molecule has 0 bridgehead atoms. The van der Waals surface area contributed by atoms with Gasteiger partial charge in [-0.2, -0.15) is 0 Å². The number of aromatic carboxylic acids is 1. The van der Waals surface area contributed by atoms with Gasteiger partial charge in [0.2, 0.25) is 0 Å². The van der Waals surface area contributed by atoms with E-state index in [0.29, 0.717) is 12.2 Å². The number of carboxylic acids is 1. The van der Waals surface area contributed by atoms with Crippen LogP contribution < -0.4 is 4.74 Å². The molecule has 1 aliphatic carbocycles. The van der Waals surface area contributed by atoms with E-state index in [1.165, 1.54) is 19.4 Å². The molecule has 2 fully saturated rings. The van der Waals surface area contributed by atoms with Crippen LogP contribution in [0.2, 0.25) is 0 Å². The number of hydrogen-bond acceptors (Lipinski definition) is 3. The number of hydrogen-bond donors (Lipinski definition) is 1. The summed E-state index contributed by atoms with van der Waals surface area (Å²) in [5.41, 5.74) is 0.296. The Morgan fingerprint density at radius 2 is 2.16 bits per heavy atom. The van der Waals surface area contributed by atoms with Crippen LogP contribution in [0.5, 0.6) is 5.75 Å². The topological polar surface area (TPSA) is 49.8 Å². The number of ether oxygens (including phenoxy) is 1. The third-order valence-corrected chi connectivity index (χ3v) is 4.10. The molecule has 19 heavy (non-hydrogen) atoms. The van der Waals surface area contributed by atoms with Gasteiger partial charge >= 0.3 is 5.97 Å². The quantitative estimate of drug-likeness (QED) is 0.798. The second kappa shape index (κ2) is 5.21. The molecule has 0 amide bonds. The molecule has 3 rings (SSSR count). The van der Waals surface area contributed by atoms with Gasteiger partial charge in [-0.15, -0.1) is 0 Å². The number of benzene rings is 1. The predicted octanol–water partition coefficient (Wildman–Crippen LogP) is 2.25. The average molecular weight is 261 g/mol. The monoisotopic (exact) mass is 261 g/mol. The average Bonchev–Trinajstić information content (AvgIpc) is 3.09. The maximum atomic E-state index is 10.7. The highest BCUT2D eigenvalue weighted by molar-refractivity contribution is 5.87. The summed E-state index contributed by atoms with van der Waals surface area (Å²) in [6, 6.07) is 7.46. The Morgan fingerprint density at radius 1 is 1.37 bits per heavy atom. The minimum Gasteiger partial charge on any atom is -0.494 e. The van der Waals surface area contributed by atoms with Gasteiger partial charge in [0.15, 0.2) is 0 Å². The number of carboxylic acid groups (broad SMARTS) is 1. The molecule has 4 nitrogen and oxygen atoms in total. The molecular formula is C15H19NO3. The van der Waals surface area contributed by atoms with Crippen LogP contribution in [-0.2, 0) is 0 Å². The highest BCUT2D eigenvalue weighted by atomic mass is 16.5. The zero-order valence-corrected chi connectivity index (χ0v) is 10.9. The van der Waals surface area contributed by atoms with Gasteiger partial charge in [0.25, 0.3) is 0 Å². The molecule has 2 atom stereocenters. The fraction of sp³-hybridized carbons (Fsp3) is 0.533. The SMILES string of the molecule is O=C(O)c1ccc(OCCCN2CCC3CC32)cc1. The molecule has 1 aliphatic heterocycles. The van der Waals surface area contributed by atoms with Crippen LogP contribution in [0.4, 0.5) is 0 Å². The minimum absolute atomic E-state index is 0.296. The number of rotatable bonds is 6. The van der Waals surface area contributed by atoms with Crippen molar-refractivity contribution in [3.8, 4) is 5.75 Å². The van der Waals surface area contributed by atoms with Crippen molar-refractivity contribution in [3.63, 3.8) is 0 Å². The van der Waals surface area contributed by atoms with E-state index in [2.05, 4.69) is 4.90 Å². The molecule has 1 saturated carbocycles. The summed E-state index contributed by atoms with van der Waals surface area (Å²) in [6.07, 6.45) is 3.81. The zero-order valence-electron chi connectivity index (χ0n) is 10.9. The summed E-state index contributed by atoms with van der Waals surface area (Å²) in [5.74, 6) is 0.833. The summed E-state index contributed by atoms with van der Waals surface area (Å²) >= 11 is 0. The third kappa shape index (κ3) is 2.89. The Bertz CT molecular complexity index is 457. The molecule has 1 heterocycles. The van der Waals surface area contributed by atoms with Crippen molar-refractivity contribution < 1.29 is 14.6 Å². The number of carbonyl (C=O) groups is 1. The van der Waals surface area contributed by atoms with E-state index >= 15 is 0 Å². The Hall–Kier alpha value is -1.55. The van der Waals surface area contributed by atoms with Crippen LogP contribution in [-0.4, -0.2) is 41.7 Å². The molecule has 0 aromatic heterocycles. The molecule has 2 unspecified atom stereocenters. The molecule has 0 radical (unpaired) electrons. The molecule has 0 spiro atoms. The lowest BCUT2D eigenvalue weighted by Gasteiger charge is -2.17. The van der Waals surface area contributed by atoms with E-state index in [4.69, 9.17) is 9.84 Å². The van der Waals surface area contributed by atoms with E-state index in [1.54, 1.807) is 24.3 Å². The van der Waals surface area contributed by atoms with Crippen molar-refractivity contribution >= 4 is 5.97 Å². The van der Waals surface area contributed by atoms with Crippen LogP contribution >= 0.6 is 0 Å². The van der Waals surface area contributed by atoms with E-state index in [1.807, 2.05) is 0 Å². The predicted molar refractivity (Wildman–Crippen MR) is 71.6 cm³/mol. The molecule has 1 N–H and O–H groups in total. The summed E-state index contributed by atoms with van der Waals surface area (Å²) in [4.78, 5) is 13.3. The Balaban J connectivity index is 1.38. The van der Waals surface area contributed by atoms with Crippen molar-refractivity contribution in [2.24, 2.45) is 5.92 Å². The van der Waals surface area contributed by atoms with Gasteiger partial charge in [-0.05, 0) is 56.0 Å². The van der Waals surface area contributed by atoms with E-state index in [0.717, 1.165) is 30.7 Å². The standard InChI is InChI=1S/C15H19NO3/c17-15(18)11-2-4-13(5-3-11)19-9-1-7-16-8-6-12-10-14(12)16/h2-5,12,14H,1,6-10H2,(H,17,18). The molecule has 1 aromatic rings. The molecule has 1 saturated heterocycles. The number of likely N-dealkylation sites (tertiary alicyclic amines) is 1. The number of fused-ring (bicyclic) bond motifs is 1. The summed E-state index contributed by atoms with van der Waals surface area (Å²) in [6.45, 7) is 3.07. The maximum Gasteiger partial charge on any atom is 0.335 e. The number of piperidine rings is 1. The zero-order chi connectivity index (χ0) is 13.2. The van der Waals surface area contributed by atoms with Gasteiger partial charge < -0.3 is 9.84 Å². The van der Waals surface area contributed by atoms with Crippen LogP contribution in [0.1, 0.15) is 29.6 Å². The molecular weight excluding hydrogens is 242 g/mol. The van der Waals surface area contributed by atoms with Gasteiger partial charge in [-0.1, -0.05) is 0 Å². The van der Waals surface area contributed by atoms with Crippen molar-refractivity contribution in [2.75, 3.05) is 19.7 Å². The fourth-order valence-corrected chi connectivity index (χ4v) is 2.92. The Labute approximate surface area is 113 Å². The normalized spacial score (nSPS) is 25.1. The Kier molecular flexibility index (Phi) is 3.42. The lowest BCUT2D eigenvalue weighted by atomic mass is 10.2. The summed E-state index contributed by atoms with van der Waals surface area (Å²) in [5, 5.41) is 8.79. The second-order valence-corrected chi connectivity index (χ2v) is 5.42.